The summed E-state index contributed by atoms with van der Waals surface area (Å²) >= 11 is 0. The van der Waals surface area contributed by atoms with Crippen molar-refractivity contribution >= 4 is 0 Å². The van der Waals surface area contributed by atoms with Crippen LogP contribution in [0.2, 0.25) is 0 Å². The van der Waals surface area contributed by atoms with E-state index in [2.05, 4.69) is 5.10 Å². The number of aryl methyl sites for hydroxylation is 2. The van der Waals surface area contributed by atoms with Gasteiger partial charge in [-0.25, -0.2) is 0 Å². The van der Waals surface area contributed by atoms with Gasteiger partial charge in [0, 0.05) is 13.2 Å². The van der Waals surface area contributed by atoms with Crippen LogP contribution in [0, 0.1) is 6.92 Å². The van der Waals surface area contributed by atoms with E-state index in [1.54, 1.807) is 4.68 Å². The fourth-order valence-corrected chi connectivity index (χ4v) is 1.50. The summed E-state index contributed by atoms with van der Waals surface area (Å²) in [6.07, 6.45) is 1.19. The third kappa shape index (κ3) is 2.07. The summed E-state index contributed by atoms with van der Waals surface area (Å²) in [6, 6.07) is 9.65. The first-order valence-electron chi connectivity index (χ1n) is 4.91. The molecule has 0 fully saturated rings. The van der Waals surface area contributed by atoms with Gasteiger partial charge in [0.1, 0.15) is 6.10 Å². The summed E-state index contributed by atoms with van der Waals surface area (Å²) in [6.45, 7) is 2.02. The van der Waals surface area contributed by atoms with Crippen molar-refractivity contribution in [3.05, 3.63) is 53.3 Å². The van der Waals surface area contributed by atoms with Gasteiger partial charge in [-0.3, -0.25) is 4.68 Å². The maximum atomic E-state index is 10.0. The highest BCUT2D eigenvalue weighted by atomic mass is 16.3. The van der Waals surface area contributed by atoms with Crippen molar-refractivity contribution < 1.29 is 5.11 Å². The Morgan fingerprint density at radius 1 is 1.20 bits per heavy atom. The fourth-order valence-electron chi connectivity index (χ4n) is 1.50. The fraction of sp³-hybridized carbons (Fsp3) is 0.250. The number of aromatic nitrogens is 2. The third-order valence-corrected chi connectivity index (χ3v) is 2.41. The first-order valence-corrected chi connectivity index (χ1v) is 4.91. The highest BCUT2D eigenvalue weighted by Crippen LogP contribution is 2.20. The minimum absolute atomic E-state index is 0.633. The van der Waals surface area contributed by atoms with Gasteiger partial charge in [0.15, 0.2) is 0 Å². The molecule has 1 heterocycles. The maximum absolute atomic E-state index is 10.0. The van der Waals surface area contributed by atoms with E-state index in [0.29, 0.717) is 5.69 Å². The highest BCUT2D eigenvalue weighted by Gasteiger charge is 2.12. The Morgan fingerprint density at radius 2 is 1.87 bits per heavy atom. The zero-order valence-electron chi connectivity index (χ0n) is 8.88. The van der Waals surface area contributed by atoms with Crippen LogP contribution in [-0.2, 0) is 7.05 Å². The molecule has 0 aliphatic carbocycles. The standard InChI is InChI=1S/C12H14N2O/c1-9-3-5-10(6-4-9)12(15)11-7-8-14(2)13-11/h3-8,12,15H,1-2H3. The van der Waals surface area contributed by atoms with Gasteiger partial charge in [-0.2, -0.15) is 5.10 Å². The van der Waals surface area contributed by atoms with E-state index in [0.717, 1.165) is 5.56 Å². The minimum atomic E-state index is -0.633. The molecule has 0 aliphatic rings. The largest absolute Gasteiger partial charge is 0.382 e. The number of aliphatic hydroxyl groups excluding tert-OH is 1. The van der Waals surface area contributed by atoms with Crippen LogP contribution in [0.15, 0.2) is 36.5 Å². The highest BCUT2D eigenvalue weighted by molar-refractivity contribution is 5.27. The SMILES string of the molecule is Cc1ccc(C(O)c2ccn(C)n2)cc1. The van der Waals surface area contributed by atoms with E-state index in [9.17, 15) is 5.11 Å². The molecule has 15 heavy (non-hydrogen) atoms. The molecule has 0 bridgehead atoms. The number of hydrogen-bond acceptors (Lipinski definition) is 2. The Labute approximate surface area is 89.0 Å². The molecule has 3 nitrogen and oxygen atoms in total. The van der Waals surface area contributed by atoms with Gasteiger partial charge in [-0.05, 0) is 18.6 Å². The monoisotopic (exact) mass is 202 g/mol. The van der Waals surface area contributed by atoms with Gasteiger partial charge in [-0.1, -0.05) is 29.8 Å². The molecule has 1 aromatic heterocycles. The molecule has 3 heteroatoms. The molecular weight excluding hydrogens is 188 g/mol. The molecular formula is C12H14N2O. The summed E-state index contributed by atoms with van der Waals surface area (Å²) in [5.41, 5.74) is 2.74. The zero-order valence-corrected chi connectivity index (χ0v) is 8.88. The van der Waals surface area contributed by atoms with Crippen molar-refractivity contribution in [2.45, 2.75) is 13.0 Å². The van der Waals surface area contributed by atoms with Gasteiger partial charge in [0.25, 0.3) is 0 Å². The molecule has 1 aromatic carbocycles. The summed E-state index contributed by atoms with van der Waals surface area (Å²) < 4.78 is 1.69. The Morgan fingerprint density at radius 3 is 2.40 bits per heavy atom. The Hall–Kier alpha value is -1.61. The lowest BCUT2D eigenvalue weighted by Gasteiger charge is -2.08. The van der Waals surface area contributed by atoms with Crippen LogP contribution in [0.25, 0.3) is 0 Å². The summed E-state index contributed by atoms with van der Waals surface area (Å²) in [5, 5.41) is 14.2. The van der Waals surface area contributed by atoms with Gasteiger partial charge in [0.05, 0.1) is 5.69 Å². The molecule has 78 valence electrons. The molecule has 0 aliphatic heterocycles. The van der Waals surface area contributed by atoms with Crippen molar-refractivity contribution in [2.75, 3.05) is 0 Å². The third-order valence-electron chi connectivity index (χ3n) is 2.41. The van der Waals surface area contributed by atoms with Crippen LogP contribution in [0.3, 0.4) is 0 Å². The van der Waals surface area contributed by atoms with Gasteiger partial charge < -0.3 is 5.11 Å². The molecule has 0 saturated heterocycles. The summed E-state index contributed by atoms with van der Waals surface area (Å²) in [4.78, 5) is 0. The van der Waals surface area contributed by atoms with E-state index in [1.165, 1.54) is 5.56 Å². The first kappa shape index (κ1) is 9.93. The molecule has 1 atom stereocenters. The van der Waals surface area contributed by atoms with Crippen molar-refractivity contribution in [2.24, 2.45) is 7.05 Å². The summed E-state index contributed by atoms with van der Waals surface area (Å²) in [7, 11) is 1.84. The van der Waals surface area contributed by atoms with Gasteiger partial charge >= 0.3 is 0 Å². The van der Waals surface area contributed by atoms with Crippen molar-refractivity contribution in [1.82, 2.24) is 9.78 Å². The van der Waals surface area contributed by atoms with E-state index in [4.69, 9.17) is 0 Å². The molecule has 2 aromatic rings. The molecule has 0 spiro atoms. The van der Waals surface area contributed by atoms with Crippen molar-refractivity contribution in [1.29, 1.82) is 0 Å². The van der Waals surface area contributed by atoms with Crippen molar-refractivity contribution in [3.8, 4) is 0 Å². The minimum Gasteiger partial charge on any atom is -0.382 e. The van der Waals surface area contributed by atoms with Crippen LogP contribution in [0.5, 0.6) is 0 Å². The van der Waals surface area contributed by atoms with Crippen LogP contribution >= 0.6 is 0 Å². The number of nitrogens with zero attached hydrogens (tertiary/aromatic N) is 2. The molecule has 0 saturated carbocycles. The Balaban J connectivity index is 2.28. The van der Waals surface area contributed by atoms with E-state index < -0.39 is 6.10 Å². The second-order valence-corrected chi connectivity index (χ2v) is 3.73. The van der Waals surface area contributed by atoms with Crippen molar-refractivity contribution in [3.63, 3.8) is 0 Å². The molecule has 1 unspecified atom stereocenters. The first-order chi connectivity index (χ1) is 7.16. The lowest BCUT2D eigenvalue weighted by atomic mass is 10.1. The quantitative estimate of drug-likeness (QED) is 0.806. The predicted molar refractivity (Wildman–Crippen MR) is 58.4 cm³/mol. The van der Waals surface area contributed by atoms with Crippen LogP contribution in [0.4, 0.5) is 0 Å². The molecule has 0 amide bonds. The second kappa shape index (κ2) is 3.87. The molecule has 0 radical (unpaired) electrons. The van der Waals surface area contributed by atoms with E-state index in [1.807, 2.05) is 50.5 Å². The topological polar surface area (TPSA) is 38.0 Å². The summed E-state index contributed by atoms with van der Waals surface area (Å²) in [5.74, 6) is 0. The van der Waals surface area contributed by atoms with Crippen LogP contribution < -0.4 is 0 Å². The molecule has 2 rings (SSSR count). The normalized spacial score (nSPS) is 12.7. The number of aliphatic hydroxyl groups is 1. The van der Waals surface area contributed by atoms with E-state index in [-0.39, 0.29) is 0 Å². The second-order valence-electron chi connectivity index (χ2n) is 3.73. The van der Waals surface area contributed by atoms with Gasteiger partial charge in [-0.15, -0.1) is 0 Å². The Kier molecular flexibility index (Phi) is 2.56. The smallest absolute Gasteiger partial charge is 0.123 e. The van der Waals surface area contributed by atoms with E-state index >= 15 is 0 Å². The Bertz CT molecular complexity index is 445. The lowest BCUT2D eigenvalue weighted by molar-refractivity contribution is 0.214. The number of benzene rings is 1. The number of hydrogen-bond donors (Lipinski definition) is 1. The average molecular weight is 202 g/mol. The average Bonchev–Trinajstić information content (AvgIpc) is 2.65. The predicted octanol–water partition coefficient (Wildman–Crippen LogP) is 1.81. The lowest BCUT2D eigenvalue weighted by Crippen LogP contribution is -2.01. The van der Waals surface area contributed by atoms with Gasteiger partial charge in [0.2, 0.25) is 0 Å². The van der Waals surface area contributed by atoms with Crippen LogP contribution in [-0.4, -0.2) is 14.9 Å². The van der Waals surface area contributed by atoms with Crippen LogP contribution in [0.1, 0.15) is 22.9 Å². The maximum Gasteiger partial charge on any atom is 0.123 e. The molecule has 1 N–H and O–H groups in total. The number of rotatable bonds is 2. The zero-order chi connectivity index (χ0) is 10.8.